The van der Waals surface area contributed by atoms with E-state index in [1.807, 2.05) is 98.8 Å². The van der Waals surface area contributed by atoms with Crippen LogP contribution in [0.25, 0.3) is 0 Å². The fourth-order valence-electron chi connectivity index (χ4n) is 5.19. The highest BCUT2D eigenvalue weighted by Gasteiger charge is 2.50. The Morgan fingerprint density at radius 3 is 1.66 bits per heavy atom. The molecule has 2 heterocycles. The van der Waals surface area contributed by atoms with Crippen molar-refractivity contribution in [2.24, 2.45) is 22.0 Å². The maximum atomic E-state index is 13.9. The van der Waals surface area contributed by atoms with Crippen LogP contribution in [0.4, 0.5) is 11.4 Å². The molecule has 0 saturated heterocycles. The number of unbranched alkanes of at least 4 members (excludes halogenated alkanes) is 1. The molecule has 38 heavy (non-hydrogen) atoms. The van der Waals surface area contributed by atoms with Crippen molar-refractivity contribution >= 4 is 34.6 Å². The molecule has 2 aliphatic heterocycles. The summed E-state index contributed by atoms with van der Waals surface area (Å²) in [5.41, 5.74) is 3.62. The second kappa shape index (κ2) is 11.0. The van der Waals surface area contributed by atoms with Crippen LogP contribution in [0.15, 0.2) is 95.1 Å². The Balaban J connectivity index is 1.52. The van der Waals surface area contributed by atoms with E-state index >= 15 is 0 Å². The quantitative estimate of drug-likeness (QED) is 0.331. The molecule has 0 aromatic heterocycles. The second-order valence-electron chi connectivity index (χ2n) is 9.71. The highest BCUT2D eigenvalue weighted by Crippen LogP contribution is 2.43. The van der Waals surface area contributed by atoms with Gasteiger partial charge in [0.05, 0.1) is 29.8 Å². The number of carbonyl (C=O) groups excluding carboxylic acids is 2. The van der Waals surface area contributed by atoms with E-state index in [1.54, 1.807) is 0 Å². The van der Waals surface area contributed by atoms with Crippen molar-refractivity contribution < 1.29 is 14.3 Å². The first-order chi connectivity index (χ1) is 18.5. The second-order valence-corrected chi connectivity index (χ2v) is 9.71. The molecule has 3 aromatic rings. The smallest absolute Gasteiger partial charge is 0.256 e. The highest BCUT2D eigenvalue weighted by atomic mass is 16.5. The summed E-state index contributed by atoms with van der Waals surface area (Å²) < 4.78 is 5.87. The van der Waals surface area contributed by atoms with Crippen LogP contribution in [0, 0.1) is 11.8 Å². The van der Waals surface area contributed by atoms with Gasteiger partial charge in [0.15, 0.2) is 0 Å². The lowest BCUT2D eigenvalue weighted by atomic mass is 9.73. The number of amides is 2. The third kappa shape index (κ3) is 4.84. The predicted octanol–water partition coefficient (Wildman–Crippen LogP) is 6.03. The van der Waals surface area contributed by atoms with Crippen LogP contribution in [0.3, 0.4) is 0 Å². The first-order valence-electron chi connectivity index (χ1n) is 13.1. The number of para-hydroxylation sites is 2. The summed E-state index contributed by atoms with van der Waals surface area (Å²) in [6.07, 6.45) is 2.04. The zero-order chi connectivity index (χ0) is 26.6. The lowest BCUT2D eigenvalue weighted by Gasteiger charge is -2.28. The van der Waals surface area contributed by atoms with E-state index in [9.17, 15) is 9.59 Å². The van der Waals surface area contributed by atoms with E-state index < -0.39 is 17.8 Å². The van der Waals surface area contributed by atoms with Crippen LogP contribution in [-0.2, 0) is 9.59 Å². The largest absolute Gasteiger partial charge is 0.494 e. The van der Waals surface area contributed by atoms with Gasteiger partial charge in [-0.3, -0.25) is 9.59 Å². The maximum absolute atomic E-state index is 13.9. The van der Waals surface area contributed by atoms with Gasteiger partial charge in [0.1, 0.15) is 5.75 Å². The number of rotatable bonds is 9. The molecule has 0 bridgehead atoms. The highest BCUT2D eigenvalue weighted by molar-refractivity contribution is 6.19. The van der Waals surface area contributed by atoms with Crippen molar-refractivity contribution in [3.63, 3.8) is 0 Å². The van der Waals surface area contributed by atoms with Crippen molar-refractivity contribution in [3.8, 4) is 5.75 Å². The molecule has 3 aromatic carbocycles. The first-order valence-corrected chi connectivity index (χ1v) is 13.1. The van der Waals surface area contributed by atoms with Crippen LogP contribution in [0.1, 0.15) is 45.1 Å². The average Bonchev–Trinajstić information content (AvgIpc) is 3.41. The Kier molecular flexibility index (Phi) is 7.36. The molecule has 7 nitrogen and oxygen atoms in total. The van der Waals surface area contributed by atoms with Gasteiger partial charge in [0.25, 0.3) is 11.8 Å². The van der Waals surface area contributed by atoms with Gasteiger partial charge in [-0.25, -0.2) is 10.0 Å². The summed E-state index contributed by atoms with van der Waals surface area (Å²) >= 11 is 0. The van der Waals surface area contributed by atoms with E-state index in [2.05, 4.69) is 17.1 Å². The van der Waals surface area contributed by atoms with Gasteiger partial charge in [-0.2, -0.15) is 10.2 Å². The molecule has 0 aliphatic carbocycles. The molecule has 0 radical (unpaired) electrons. The molecule has 2 aliphatic rings. The first kappa shape index (κ1) is 25.4. The molecule has 0 N–H and O–H groups in total. The number of ether oxygens (including phenoxy) is 1. The summed E-state index contributed by atoms with van der Waals surface area (Å²) in [7, 11) is 0. The number of hydrazone groups is 2. The number of anilines is 2. The van der Waals surface area contributed by atoms with Gasteiger partial charge in [-0.15, -0.1) is 0 Å². The van der Waals surface area contributed by atoms with Crippen LogP contribution in [-0.4, -0.2) is 29.8 Å². The standard InChI is InChI=1S/C31H32N4O3/c1-4-5-20-38-26-18-16-23(17-19-26)29(27-21(2)32-34(30(27)36)24-12-8-6-9-13-24)28-22(3)33-35(31(28)37)25-14-10-7-11-15-25/h6-19,27-29H,4-5,20H2,1-3H3. The summed E-state index contributed by atoms with van der Waals surface area (Å²) in [4.78, 5) is 27.8. The predicted molar refractivity (Wildman–Crippen MR) is 151 cm³/mol. The van der Waals surface area contributed by atoms with Gasteiger partial charge in [0, 0.05) is 17.3 Å². The Hall–Kier alpha value is -4.26. The molecular formula is C31H32N4O3. The monoisotopic (exact) mass is 508 g/mol. The molecule has 2 atom stereocenters. The summed E-state index contributed by atoms with van der Waals surface area (Å²) in [5, 5.41) is 12.2. The van der Waals surface area contributed by atoms with E-state index in [4.69, 9.17) is 4.74 Å². The third-order valence-corrected chi connectivity index (χ3v) is 7.12. The molecule has 7 heteroatoms. The van der Waals surface area contributed by atoms with Crippen molar-refractivity contribution in [2.75, 3.05) is 16.6 Å². The topological polar surface area (TPSA) is 74.6 Å². The number of hydrogen-bond donors (Lipinski definition) is 0. The average molecular weight is 509 g/mol. The Morgan fingerprint density at radius 2 is 1.21 bits per heavy atom. The number of carbonyl (C=O) groups is 2. The molecule has 2 unspecified atom stereocenters. The van der Waals surface area contributed by atoms with Crippen LogP contribution >= 0.6 is 0 Å². The normalized spacial score (nSPS) is 20.0. The molecule has 2 amide bonds. The number of benzene rings is 3. The molecule has 0 spiro atoms. The summed E-state index contributed by atoms with van der Waals surface area (Å²) in [6, 6.07) is 26.5. The minimum atomic E-state index is -0.614. The van der Waals surface area contributed by atoms with E-state index in [0.29, 0.717) is 29.4 Å². The van der Waals surface area contributed by atoms with Gasteiger partial charge >= 0.3 is 0 Å². The van der Waals surface area contributed by atoms with Crippen LogP contribution in [0.2, 0.25) is 0 Å². The van der Waals surface area contributed by atoms with Crippen molar-refractivity contribution in [2.45, 2.75) is 39.5 Å². The SMILES string of the molecule is CCCCOc1ccc(C(C2C(=O)N(c3ccccc3)N=C2C)C2C(=O)N(c3ccccc3)N=C2C)cc1. The summed E-state index contributed by atoms with van der Waals surface area (Å²) in [6.45, 7) is 6.50. The Labute approximate surface area is 223 Å². The Bertz CT molecular complexity index is 1270. The zero-order valence-electron chi connectivity index (χ0n) is 21.9. The minimum Gasteiger partial charge on any atom is -0.494 e. The van der Waals surface area contributed by atoms with Gasteiger partial charge in [0.2, 0.25) is 0 Å². The van der Waals surface area contributed by atoms with E-state index in [-0.39, 0.29) is 11.8 Å². The van der Waals surface area contributed by atoms with Crippen molar-refractivity contribution in [1.29, 1.82) is 0 Å². The molecule has 0 saturated carbocycles. The van der Waals surface area contributed by atoms with E-state index in [0.717, 1.165) is 24.2 Å². The number of hydrogen-bond acceptors (Lipinski definition) is 5. The molecule has 0 fully saturated rings. The lowest BCUT2D eigenvalue weighted by Crippen LogP contribution is -2.40. The molecule has 5 rings (SSSR count). The van der Waals surface area contributed by atoms with E-state index in [1.165, 1.54) is 10.0 Å². The third-order valence-electron chi connectivity index (χ3n) is 7.12. The van der Waals surface area contributed by atoms with Crippen molar-refractivity contribution in [3.05, 3.63) is 90.5 Å². The van der Waals surface area contributed by atoms with Gasteiger partial charge in [-0.1, -0.05) is 61.9 Å². The number of nitrogens with zero attached hydrogens (tertiary/aromatic N) is 4. The maximum Gasteiger partial charge on any atom is 0.256 e. The fourth-order valence-corrected chi connectivity index (χ4v) is 5.19. The van der Waals surface area contributed by atoms with Gasteiger partial charge in [-0.05, 0) is 62.2 Å². The molecular weight excluding hydrogens is 476 g/mol. The van der Waals surface area contributed by atoms with Crippen LogP contribution in [0.5, 0.6) is 5.75 Å². The van der Waals surface area contributed by atoms with Crippen molar-refractivity contribution in [1.82, 2.24) is 0 Å². The minimum absolute atomic E-state index is 0.152. The molecule has 194 valence electrons. The van der Waals surface area contributed by atoms with Crippen LogP contribution < -0.4 is 14.8 Å². The Morgan fingerprint density at radius 1 is 0.737 bits per heavy atom. The fraction of sp³-hybridized carbons (Fsp3) is 0.290. The lowest BCUT2D eigenvalue weighted by molar-refractivity contribution is -0.122. The zero-order valence-corrected chi connectivity index (χ0v) is 21.9. The summed E-state index contributed by atoms with van der Waals surface area (Å²) in [5.74, 6) is -1.24. The van der Waals surface area contributed by atoms with Gasteiger partial charge < -0.3 is 4.74 Å².